The van der Waals surface area contributed by atoms with Crippen molar-refractivity contribution < 1.29 is 9.47 Å². The molecule has 2 aromatic rings. The van der Waals surface area contributed by atoms with E-state index in [4.69, 9.17) is 14.7 Å². The standard InChI is InChI=1S/C19H24N8O2/c1-11(12-5-21-6-12)29-16-9-22-8-15(28-2)19(16)14-3-17(27-26-14)25-18-10-23-13(4-20)7-24-18/h7-12,14,17,21,26-27H,3,5-6H2,1-2H3,(H,24,25)/t11-,14?,17?/m1/s1. The van der Waals surface area contributed by atoms with E-state index in [1.165, 1.54) is 6.20 Å². The highest BCUT2D eigenvalue weighted by atomic mass is 16.5. The van der Waals surface area contributed by atoms with Crippen molar-refractivity contribution in [3.63, 3.8) is 0 Å². The summed E-state index contributed by atoms with van der Waals surface area (Å²) in [5.74, 6) is 2.49. The van der Waals surface area contributed by atoms with Gasteiger partial charge in [0.25, 0.3) is 0 Å². The number of anilines is 1. The van der Waals surface area contributed by atoms with Crippen molar-refractivity contribution >= 4 is 5.82 Å². The molecule has 2 unspecified atom stereocenters. The minimum Gasteiger partial charge on any atom is -0.495 e. The van der Waals surface area contributed by atoms with E-state index in [1.54, 1.807) is 25.7 Å². The molecule has 2 fully saturated rings. The number of nitriles is 1. The molecule has 2 aliphatic rings. The van der Waals surface area contributed by atoms with Crippen LogP contribution < -0.4 is 31.0 Å². The van der Waals surface area contributed by atoms with Crippen LogP contribution in [-0.2, 0) is 0 Å². The van der Waals surface area contributed by atoms with E-state index in [0.717, 1.165) is 30.8 Å². The maximum absolute atomic E-state index is 8.84. The number of hydrogen-bond donors (Lipinski definition) is 4. The zero-order chi connectivity index (χ0) is 20.2. The van der Waals surface area contributed by atoms with Gasteiger partial charge in [0.15, 0.2) is 5.69 Å². The molecule has 0 bridgehead atoms. The Morgan fingerprint density at radius 2 is 2.00 bits per heavy atom. The molecule has 4 heterocycles. The number of methoxy groups -OCH3 is 1. The summed E-state index contributed by atoms with van der Waals surface area (Å²) >= 11 is 0. The highest BCUT2D eigenvalue weighted by molar-refractivity contribution is 5.45. The van der Waals surface area contributed by atoms with Crippen LogP contribution in [0, 0.1) is 17.2 Å². The Labute approximate surface area is 169 Å². The average Bonchev–Trinajstić information content (AvgIpc) is 3.15. The van der Waals surface area contributed by atoms with Gasteiger partial charge in [-0.15, -0.1) is 0 Å². The van der Waals surface area contributed by atoms with Gasteiger partial charge in [0.1, 0.15) is 29.5 Å². The fourth-order valence-electron chi connectivity index (χ4n) is 3.45. The van der Waals surface area contributed by atoms with Gasteiger partial charge in [-0.3, -0.25) is 4.98 Å². The van der Waals surface area contributed by atoms with Gasteiger partial charge in [0.2, 0.25) is 0 Å². The second kappa shape index (κ2) is 8.57. The van der Waals surface area contributed by atoms with Gasteiger partial charge in [-0.25, -0.2) is 20.8 Å². The fourth-order valence-corrected chi connectivity index (χ4v) is 3.45. The maximum atomic E-state index is 8.84. The van der Waals surface area contributed by atoms with Crippen molar-refractivity contribution in [3.8, 4) is 17.6 Å². The van der Waals surface area contributed by atoms with Crippen molar-refractivity contribution in [1.82, 2.24) is 31.1 Å². The number of rotatable bonds is 7. The first-order valence-corrected chi connectivity index (χ1v) is 9.57. The van der Waals surface area contributed by atoms with Crippen molar-refractivity contribution in [2.24, 2.45) is 5.92 Å². The van der Waals surface area contributed by atoms with Gasteiger partial charge in [-0.05, 0) is 6.92 Å². The third-order valence-corrected chi connectivity index (χ3v) is 5.26. The summed E-state index contributed by atoms with van der Waals surface area (Å²) in [5.41, 5.74) is 7.74. The highest BCUT2D eigenvalue weighted by Gasteiger charge is 2.32. The molecule has 0 spiro atoms. The Balaban J connectivity index is 1.47. The van der Waals surface area contributed by atoms with Crippen LogP contribution in [0.5, 0.6) is 11.5 Å². The Kier molecular flexibility index (Phi) is 5.71. The fraction of sp³-hybridized carbons (Fsp3) is 0.474. The third-order valence-electron chi connectivity index (χ3n) is 5.26. The third kappa shape index (κ3) is 4.22. The van der Waals surface area contributed by atoms with Gasteiger partial charge < -0.3 is 20.1 Å². The molecule has 10 heteroatoms. The van der Waals surface area contributed by atoms with Gasteiger partial charge in [0, 0.05) is 25.4 Å². The van der Waals surface area contributed by atoms with Crippen molar-refractivity contribution in [2.45, 2.75) is 31.7 Å². The normalized spacial score (nSPS) is 22.4. The maximum Gasteiger partial charge on any atom is 0.158 e. The van der Waals surface area contributed by atoms with E-state index in [0.29, 0.717) is 17.5 Å². The molecule has 0 saturated carbocycles. The topological polar surface area (TPSA) is 129 Å². The minimum atomic E-state index is -0.0822. The molecule has 4 N–H and O–H groups in total. The molecule has 0 radical (unpaired) electrons. The Hall–Kier alpha value is -3.00. The van der Waals surface area contributed by atoms with Crippen LogP contribution in [0.2, 0.25) is 0 Å². The Morgan fingerprint density at radius 3 is 2.66 bits per heavy atom. The van der Waals surface area contributed by atoms with E-state index in [1.807, 2.05) is 6.07 Å². The quantitative estimate of drug-likeness (QED) is 0.531. The van der Waals surface area contributed by atoms with E-state index >= 15 is 0 Å². The van der Waals surface area contributed by atoms with E-state index in [-0.39, 0.29) is 24.0 Å². The summed E-state index contributed by atoms with van der Waals surface area (Å²) in [6.07, 6.45) is 7.15. The summed E-state index contributed by atoms with van der Waals surface area (Å²) < 4.78 is 11.8. The average molecular weight is 396 g/mol. The molecular weight excluding hydrogens is 372 g/mol. The first-order chi connectivity index (χ1) is 14.2. The van der Waals surface area contributed by atoms with Gasteiger partial charge in [0.05, 0.1) is 49.7 Å². The summed E-state index contributed by atoms with van der Waals surface area (Å²) in [4.78, 5) is 12.5. The molecule has 0 amide bonds. The van der Waals surface area contributed by atoms with Crippen molar-refractivity contribution in [2.75, 3.05) is 25.5 Å². The molecule has 0 aromatic carbocycles. The SMILES string of the molecule is COc1cncc(O[C@H](C)C2CNC2)c1C1CC(Nc2cnc(C#N)cn2)NN1. The molecule has 0 aliphatic carbocycles. The van der Waals surface area contributed by atoms with Crippen LogP contribution in [0.4, 0.5) is 5.82 Å². The van der Waals surface area contributed by atoms with Crippen molar-refractivity contribution in [1.29, 1.82) is 5.26 Å². The molecule has 2 aromatic heterocycles. The van der Waals surface area contributed by atoms with Gasteiger partial charge in [-0.1, -0.05) is 0 Å². The monoisotopic (exact) mass is 396 g/mol. The smallest absolute Gasteiger partial charge is 0.158 e. The molecule has 10 nitrogen and oxygen atoms in total. The molecule has 152 valence electrons. The molecule has 4 rings (SSSR count). The Morgan fingerprint density at radius 1 is 1.17 bits per heavy atom. The second-order valence-electron chi connectivity index (χ2n) is 7.17. The first-order valence-electron chi connectivity index (χ1n) is 9.57. The van der Waals surface area contributed by atoms with Crippen LogP contribution in [0.15, 0.2) is 24.8 Å². The van der Waals surface area contributed by atoms with Crippen LogP contribution in [0.1, 0.15) is 30.6 Å². The number of pyridine rings is 1. The molecule has 2 saturated heterocycles. The van der Waals surface area contributed by atoms with Crippen LogP contribution in [-0.4, -0.2) is 47.4 Å². The molecule has 3 atom stereocenters. The summed E-state index contributed by atoms with van der Waals surface area (Å²) in [5, 5.41) is 15.4. The summed E-state index contributed by atoms with van der Waals surface area (Å²) in [6, 6.07) is 1.92. The summed E-state index contributed by atoms with van der Waals surface area (Å²) in [6.45, 7) is 4.02. The number of hydrazine groups is 1. The lowest BCUT2D eigenvalue weighted by atomic mass is 9.97. The van der Waals surface area contributed by atoms with Gasteiger partial charge in [-0.2, -0.15) is 5.26 Å². The Bertz CT molecular complexity index is 881. The van der Waals surface area contributed by atoms with Gasteiger partial charge >= 0.3 is 0 Å². The molecule has 2 aliphatic heterocycles. The van der Waals surface area contributed by atoms with Crippen LogP contribution >= 0.6 is 0 Å². The largest absolute Gasteiger partial charge is 0.495 e. The number of ether oxygens (including phenoxy) is 2. The van der Waals surface area contributed by atoms with Crippen LogP contribution in [0.25, 0.3) is 0 Å². The second-order valence-corrected chi connectivity index (χ2v) is 7.17. The number of nitrogens with zero attached hydrogens (tertiary/aromatic N) is 4. The first kappa shape index (κ1) is 19.3. The lowest BCUT2D eigenvalue weighted by Crippen LogP contribution is -2.49. The molecule has 29 heavy (non-hydrogen) atoms. The van der Waals surface area contributed by atoms with E-state index < -0.39 is 0 Å². The number of hydrogen-bond acceptors (Lipinski definition) is 10. The minimum absolute atomic E-state index is 0.0430. The lowest BCUT2D eigenvalue weighted by molar-refractivity contribution is 0.112. The van der Waals surface area contributed by atoms with Crippen LogP contribution in [0.3, 0.4) is 0 Å². The predicted octanol–water partition coefficient (Wildman–Crippen LogP) is 0.716. The zero-order valence-electron chi connectivity index (χ0n) is 16.3. The number of aromatic nitrogens is 3. The highest BCUT2D eigenvalue weighted by Crippen LogP contribution is 2.37. The zero-order valence-corrected chi connectivity index (χ0v) is 16.3. The lowest BCUT2D eigenvalue weighted by Gasteiger charge is -2.33. The number of nitrogens with one attached hydrogen (secondary N) is 4. The van der Waals surface area contributed by atoms with Crippen molar-refractivity contribution in [3.05, 3.63) is 36.0 Å². The predicted molar refractivity (Wildman–Crippen MR) is 105 cm³/mol. The van der Waals surface area contributed by atoms with E-state index in [9.17, 15) is 0 Å². The summed E-state index contributed by atoms with van der Waals surface area (Å²) in [7, 11) is 1.63. The van der Waals surface area contributed by atoms with E-state index in [2.05, 4.69) is 43.4 Å². The molecular formula is C19H24N8O2.